The maximum atomic E-state index is 11.7. The summed E-state index contributed by atoms with van der Waals surface area (Å²) in [5.41, 5.74) is 4.72. The van der Waals surface area contributed by atoms with E-state index >= 15 is 0 Å². The highest BCUT2D eigenvalue weighted by molar-refractivity contribution is 6.10. The number of carbonyl (C=O) groups excluding carboxylic acids is 1. The third-order valence-electron chi connectivity index (χ3n) is 4.19. The molecule has 0 amide bonds. The second kappa shape index (κ2) is 3.73. The van der Waals surface area contributed by atoms with Crippen LogP contribution in [0.2, 0.25) is 0 Å². The highest BCUT2D eigenvalue weighted by Gasteiger charge is 2.35. The van der Waals surface area contributed by atoms with Gasteiger partial charge in [0.15, 0.2) is 5.76 Å². The van der Waals surface area contributed by atoms with Crippen molar-refractivity contribution in [2.75, 3.05) is 0 Å². The molecule has 4 rings (SSSR count). The van der Waals surface area contributed by atoms with Crippen LogP contribution in [0.1, 0.15) is 29.5 Å². The van der Waals surface area contributed by atoms with Gasteiger partial charge in [0.05, 0.1) is 0 Å². The van der Waals surface area contributed by atoms with E-state index in [1.54, 1.807) is 0 Å². The maximum Gasteiger partial charge on any atom is 0.220 e. The Balaban J connectivity index is 1.91. The average molecular weight is 254 g/mol. The summed E-state index contributed by atoms with van der Waals surface area (Å²) in [5.74, 6) is 0.308. The predicted molar refractivity (Wildman–Crippen MR) is 71.2 cm³/mol. The van der Waals surface area contributed by atoms with Crippen LogP contribution in [-0.2, 0) is 17.6 Å². The van der Waals surface area contributed by atoms with Crippen molar-refractivity contribution in [3.63, 3.8) is 0 Å². The lowest BCUT2D eigenvalue weighted by atomic mass is 9.84. The standard InChI is InChI=1S/C16H14O3/c17-12-7-11-15(8-13(12)18)19-14-6-5-9-3-1-2-4-10(9)16(11)14/h5-8,15,18H,1-4H2/t15-/m1/s1. The van der Waals surface area contributed by atoms with Crippen LogP contribution in [0.3, 0.4) is 0 Å². The molecule has 19 heavy (non-hydrogen) atoms. The average Bonchev–Trinajstić information content (AvgIpc) is 2.77. The SMILES string of the molecule is O=C1C=C2c3c(ccc4c3CCCC4)O[C@@H]2C=C1O. The number of ether oxygens (including phenoxy) is 1. The number of carbonyl (C=O) groups is 1. The van der Waals surface area contributed by atoms with Gasteiger partial charge in [0.2, 0.25) is 5.78 Å². The highest BCUT2D eigenvalue weighted by Crippen LogP contribution is 2.44. The molecule has 96 valence electrons. The lowest BCUT2D eigenvalue weighted by Gasteiger charge is -2.19. The van der Waals surface area contributed by atoms with Gasteiger partial charge in [-0.05, 0) is 49.0 Å². The first-order valence-electron chi connectivity index (χ1n) is 6.72. The predicted octanol–water partition coefficient (Wildman–Crippen LogP) is 2.73. The monoisotopic (exact) mass is 254 g/mol. The van der Waals surface area contributed by atoms with Gasteiger partial charge in [-0.15, -0.1) is 0 Å². The fraction of sp³-hybridized carbons (Fsp3) is 0.312. The fourth-order valence-electron chi connectivity index (χ4n) is 3.28. The molecule has 0 radical (unpaired) electrons. The Morgan fingerprint density at radius 1 is 1.21 bits per heavy atom. The van der Waals surface area contributed by atoms with Crippen LogP contribution in [0.15, 0.2) is 30.0 Å². The number of ketones is 1. The number of allylic oxidation sites excluding steroid dienone is 1. The first kappa shape index (κ1) is 10.9. The van der Waals surface area contributed by atoms with Gasteiger partial charge in [-0.3, -0.25) is 4.79 Å². The van der Waals surface area contributed by atoms with Crippen molar-refractivity contribution in [3.05, 3.63) is 46.7 Å². The van der Waals surface area contributed by atoms with E-state index in [1.165, 1.54) is 36.1 Å². The minimum atomic E-state index is -0.323. The normalized spacial score (nSPS) is 23.8. The van der Waals surface area contributed by atoms with Gasteiger partial charge in [-0.1, -0.05) is 6.07 Å². The molecule has 0 fully saturated rings. The van der Waals surface area contributed by atoms with E-state index in [0.717, 1.165) is 29.7 Å². The zero-order valence-corrected chi connectivity index (χ0v) is 10.5. The molecule has 1 atom stereocenters. The number of aliphatic hydroxyl groups is 1. The van der Waals surface area contributed by atoms with Crippen LogP contribution < -0.4 is 4.74 Å². The summed E-state index contributed by atoms with van der Waals surface area (Å²) in [6.45, 7) is 0. The maximum absolute atomic E-state index is 11.7. The van der Waals surface area contributed by atoms with Crippen molar-refractivity contribution in [1.82, 2.24) is 0 Å². The molecule has 0 aromatic heterocycles. The van der Waals surface area contributed by atoms with E-state index in [9.17, 15) is 9.90 Å². The van der Waals surface area contributed by atoms with Gasteiger partial charge in [-0.2, -0.15) is 0 Å². The molecule has 3 nitrogen and oxygen atoms in total. The summed E-state index contributed by atoms with van der Waals surface area (Å²) < 4.78 is 5.84. The Morgan fingerprint density at radius 3 is 2.95 bits per heavy atom. The van der Waals surface area contributed by atoms with E-state index in [4.69, 9.17) is 4.74 Å². The molecule has 3 aliphatic rings. The van der Waals surface area contributed by atoms with Gasteiger partial charge < -0.3 is 9.84 Å². The summed E-state index contributed by atoms with van der Waals surface area (Å²) in [7, 11) is 0. The van der Waals surface area contributed by atoms with Crippen molar-refractivity contribution in [1.29, 1.82) is 0 Å². The van der Waals surface area contributed by atoms with Crippen LogP contribution in [0.5, 0.6) is 5.75 Å². The Hall–Kier alpha value is -2.03. The smallest absolute Gasteiger partial charge is 0.220 e. The van der Waals surface area contributed by atoms with Crippen LogP contribution in [0.25, 0.3) is 5.57 Å². The Kier molecular flexibility index (Phi) is 2.13. The van der Waals surface area contributed by atoms with E-state index in [1.807, 2.05) is 6.07 Å². The second-order valence-electron chi connectivity index (χ2n) is 5.34. The van der Waals surface area contributed by atoms with Crippen LogP contribution >= 0.6 is 0 Å². The topological polar surface area (TPSA) is 46.5 Å². The molecule has 0 bridgehead atoms. The largest absolute Gasteiger partial charge is 0.504 e. The Morgan fingerprint density at radius 2 is 2.05 bits per heavy atom. The molecule has 0 saturated carbocycles. The summed E-state index contributed by atoms with van der Waals surface area (Å²) in [6, 6.07) is 4.13. The van der Waals surface area contributed by atoms with Gasteiger partial charge in [-0.25, -0.2) is 0 Å². The molecule has 0 unspecified atom stereocenters. The van der Waals surface area contributed by atoms with Gasteiger partial charge in [0, 0.05) is 17.2 Å². The molecular formula is C16H14O3. The molecule has 1 aromatic rings. The molecule has 0 saturated heterocycles. The number of rotatable bonds is 0. The fourth-order valence-corrected chi connectivity index (χ4v) is 3.28. The number of aryl methyl sites for hydroxylation is 1. The molecule has 1 heterocycles. The van der Waals surface area contributed by atoms with Crippen molar-refractivity contribution < 1.29 is 14.6 Å². The molecule has 0 spiro atoms. The minimum absolute atomic E-state index is 0.213. The second-order valence-corrected chi connectivity index (χ2v) is 5.34. The first-order chi connectivity index (χ1) is 9.24. The summed E-state index contributed by atoms with van der Waals surface area (Å²) in [5, 5.41) is 9.53. The van der Waals surface area contributed by atoms with E-state index in [0.29, 0.717) is 0 Å². The molecule has 1 aliphatic heterocycles. The van der Waals surface area contributed by atoms with E-state index in [2.05, 4.69) is 6.07 Å². The van der Waals surface area contributed by atoms with Crippen LogP contribution in [0.4, 0.5) is 0 Å². The van der Waals surface area contributed by atoms with Crippen molar-refractivity contribution in [2.45, 2.75) is 31.8 Å². The third-order valence-corrected chi connectivity index (χ3v) is 4.19. The lowest BCUT2D eigenvalue weighted by molar-refractivity contribution is -0.113. The molecule has 3 heteroatoms. The van der Waals surface area contributed by atoms with E-state index in [-0.39, 0.29) is 17.6 Å². The third kappa shape index (κ3) is 1.47. The number of hydrogen-bond donors (Lipinski definition) is 1. The summed E-state index contributed by atoms with van der Waals surface area (Å²) in [6.07, 6.45) is 7.31. The zero-order chi connectivity index (χ0) is 13.0. The molecule has 1 N–H and O–H groups in total. The van der Waals surface area contributed by atoms with Crippen LogP contribution in [0, 0.1) is 0 Å². The van der Waals surface area contributed by atoms with Gasteiger partial charge in [0.25, 0.3) is 0 Å². The molecule has 2 aliphatic carbocycles. The lowest BCUT2D eigenvalue weighted by Crippen LogP contribution is -2.17. The van der Waals surface area contributed by atoms with Gasteiger partial charge >= 0.3 is 0 Å². The molecule has 1 aromatic carbocycles. The van der Waals surface area contributed by atoms with E-state index < -0.39 is 0 Å². The molecular weight excluding hydrogens is 240 g/mol. The van der Waals surface area contributed by atoms with Crippen LogP contribution in [-0.4, -0.2) is 17.0 Å². The highest BCUT2D eigenvalue weighted by atomic mass is 16.5. The Labute approximate surface area is 111 Å². The van der Waals surface area contributed by atoms with Crippen molar-refractivity contribution in [3.8, 4) is 5.75 Å². The number of aliphatic hydroxyl groups excluding tert-OH is 1. The Bertz CT molecular complexity index is 652. The van der Waals surface area contributed by atoms with Crippen molar-refractivity contribution >= 4 is 11.4 Å². The zero-order valence-electron chi connectivity index (χ0n) is 10.5. The number of benzene rings is 1. The van der Waals surface area contributed by atoms with Gasteiger partial charge in [0.1, 0.15) is 11.9 Å². The minimum Gasteiger partial charge on any atom is -0.504 e. The summed E-state index contributed by atoms with van der Waals surface area (Å²) in [4.78, 5) is 11.7. The summed E-state index contributed by atoms with van der Waals surface area (Å²) >= 11 is 0. The quantitative estimate of drug-likeness (QED) is 0.774. The number of fused-ring (bicyclic) bond motifs is 5. The first-order valence-corrected chi connectivity index (χ1v) is 6.72. The van der Waals surface area contributed by atoms with Crippen molar-refractivity contribution in [2.24, 2.45) is 0 Å². The number of hydrogen-bond acceptors (Lipinski definition) is 3.